The fourth-order valence-electron chi connectivity index (χ4n) is 4.81. The Kier molecular flexibility index (Phi) is 5.55. The van der Waals surface area contributed by atoms with Crippen LogP contribution in [-0.4, -0.2) is 62.3 Å². The molecule has 166 valence electrons. The zero-order valence-corrected chi connectivity index (χ0v) is 18.2. The fraction of sp³-hybridized carbons (Fsp3) is 0.400. The van der Waals surface area contributed by atoms with E-state index in [2.05, 4.69) is 32.7 Å². The van der Waals surface area contributed by atoms with Gasteiger partial charge >= 0.3 is 0 Å². The highest BCUT2D eigenvalue weighted by molar-refractivity contribution is 5.99. The number of rotatable bonds is 2. The van der Waals surface area contributed by atoms with Gasteiger partial charge in [0.2, 0.25) is 0 Å². The molecule has 3 aliphatic rings. The van der Waals surface area contributed by atoms with Crippen molar-refractivity contribution in [2.24, 2.45) is 10.4 Å². The molecule has 7 heteroatoms. The molecule has 2 aromatic rings. The Morgan fingerprint density at radius 3 is 2.47 bits per heavy atom. The van der Waals surface area contributed by atoms with Gasteiger partial charge in [-0.1, -0.05) is 18.6 Å². The molecule has 0 atom stereocenters. The number of amides is 2. The Hall–Kier alpha value is -3.35. The second kappa shape index (κ2) is 8.65. The maximum Gasteiger partial charge on any atom is 0.253 e. The first-order chi connectivity index (χ1) is 15.6. The highest BCUT2D eigenvalue weighted by atomic mass is 16.2. The molecule has 2 heterocycles. The number of hydrogen-bond donors (Lipinski definition) is 2. The Labute approximate surface area is 188 Å². The molecule has 1 saturated carbocycles. The Balaban J connectivity index is 1.23. The normalized spacial score (nSPS) is 21.1. The van der Waals surface area contributed by atoms with Gasteiger partial charge in [0.25, 0.3) is 11.8 Å². The maximum absolute atomic E-state index is 13.2. The average molecular weight is 432 g/mol. The predicted octanol–water partition coefficient (Wildman–Crippen LogP) is 2.81. The highest BCUT2D eigenvalue weighted by Crippen LogP contribution is 2.49. The summed E-state index contributed by atoms with van der Waals surface area (Å²) in [7, 11) is 0. The van der Waals surface area contributed by atoms with Crippen molar-refractivity contribution in [2.45, 2.75) is 19.3 Å². The molecule has 32 heavy (non-hydrogen) atoms. The largest absolute Gasteiger partial charge is 0.374 e. The quantitative estimate of drug-likeness (QED) is 0.767. The number of nitrogens with one attached hydrogen (secondary N) is 2. The van der Waals surface area contributed by atoms with E-state index in [-0.39, 0.29) is 11.8 Å². The van der Waals surface area contributed by atoms with Crippen LogP contribution in [0.15, 0.2) is 53.5 Å². The van der Waals surface area contributed by atoms with E-state index in [4.69, 9.17) is 0 Å². The number of fused-ring (bicyclic) bond motifs is 1. The Bertz CT molecular complexity index is 1020. The number of carbonyl (C=O) groups excluding carboxylic acids is 2. The van der Waals surface area contributed by atoms with Crippen LogP contribution < -0.4 is 15.5 Å². The maximum atomic E-state index is 13.2. The zero-order chi connectivity index (χ0) is 22.0. The van der Waals surface area contributed by atoms with Crippen molar-refractivity contribution in [3.8, 4) is 0 Å². The molecule has 0 unspecified atom stereocenters. The third-order valence-electron chi connectivity index (χ3n) is 6.87. The molecule has 0 aromatic heterocycles. The minimum atomic E-state index is -0.186. The van der Waals surface area contributed by atoms with Crippen molar-refractivity contribution in [1.82, 2.24) is 15.5 Å². The number of para-hydroxylation sites is 1. The van der Waals surface area contributed by atoms with Gasteiger partial charge in [-0.3, -0.25) is 9.59 Å². The molecule has 0 bridgehead atoms. The van der Waals surface area contributed by atoms with Crippen LogP contribution in [0.3, 0.4) is 0 Å². The lowest BCUT2D eigenvalue weighted by molar-refractivity contribution is 0.0751. The summed E-state index contributed by atoms with van der Waals surface area (Å²) < 4.78 is 0. The zero-order valence-electron chi connectivity index (χ0n) is 18.2. The van der Waals surface area contributed by atoms with Crippen LogP contribution in [0.25, 0.3) is 0 Å². The average Bonchev–Trinajstić information content (AvgIpc) is 2.75. The van der Waals surface area contributed by atoms with E-state index in [1.54, 1.807) is 17.3 Å². The van der Waals surface area contributed by atoms with Gasteiger partial charge in [-0.05, 0) is 49.2 Å². The van der Waals surface area contributed by atoms with Gasteiger partial charge in [0.1, 0.15) is 0 Å². The van der Waals surface area contributed by atoms with Crippen LogP contribution in [0.4, 0.5) is 11.4 Å². The molecule has 2 amide bonds. The summed E-state index contributed by atoms with van der Waals surface area (Å²) in [5.74, 6) is -0.213. The van der Waals surface area contributed by atoms with E-state index in [1.165, 1.54) is 24.9 Å². The molecule has 7 nitrogen and oxygen atoms in total. The van der Waals surface area contributed by atoms with Crippen molar-refractivity contribution in [1.29, 1.82) is 0 Å². The smallest absolute Gasteiger partial charge is 0.253 e. The van der Waals surface area contributed by atoms with Gasteiger partial charge in [0.05, 0.1) is 17.6 Å². The lowest BCUT2D eigenvalue weighted by Crippen LogP contribution is -2.59. The summed E-state index contributed by atoms with van der Waals surface area (Å²) in [6.45, 7) is 4.22. The summed E-state index contributed by atoms with van der Waals surface area (Å²) in [5.41, 5.74) is 3.59. The lowest BCUT2D eigenvalue weighted by Gasteiger charge is -2.57. The van der Waals surface area contributed by atoms with Crippen LogP contribution in [0.5, 0.6) is 0 Å². The minimum absolute atomic E-state index is 0.0268. The van der Waals surface area contributed by atoms with Gasteiger partial charge in [0.15, 0.2) is 0 Å². The second-order valence-corrected chi connectivity index (χ2v) is 9.03. The Morgan fingerprint density at radius 1 is 0.969 bits per heavy atom. The van der Waals surface area contributed by atoms with E-state index in [9.17, 15) is 9.59 Å². The molecule has 2 aromatic carbocycles. The van der Waals surface area contributed by atoms with E-state index in [0.29, 0.717) is 48.4 Å². The first-order valence-corrected chi connectivity index (χ1v) is 11.4. The van der Waals surface area contributed by atoms with E-state index >= 15 is 0 Å². The van der Waals surface area contributed by atoms with E-state index < -0.39 is 0 Å². The number of carbonyl (C=O) groups is 2. The molecule has 5 rings (SSSR count). The summed E-state index contributed by atoms with van der Waals surface area (Å²) in [5, 5.41) is 6.05. The molecule has 2 fully saturated rings. The monoisotopic (exact) mass is 431 g/mol. The molecule has 2 aliphatic heterocycles. The first-order valence-electron chi connectivity index (χ1n) is 11.4. The summed E-state index contributed by atoms with van der Waals surface area (Å²) >= 11 is 0. The minimum Gasteiger partial charge on any atom is -0.374 e. The molecule has 1 aliphatic carbocycles. The van der Waals surface area contributed by atoms with Gasteiger partial charge < -0.3 is 20.4 Å². The molecule has 2 N–H and O–H groups in total. The van der Waals surface area contributed by atoms with Crippen LogP contribution in [0.1, 0.15) is 40.0 Å². The molecular formula is C25H29N5O2. The standard InChI is InChI=1S/C25H29N5O2/c31-23-21-4-1-2-5-22(21)28-18-26-12-14-29(15-13-27-23)24(32)19-6-8-20(9-7-19)30-16-25(17-30)10-3-11-25/h1-2,4-9,18H,3,10-17H2,(H,26,28)(H,27,31). The summed E-state index contributed by atoms with van der Waals surface area (Å²) in [6, 6.07) is 15.2. The SMILES string of the molecule is O=C1NCCN(C(=O)c2ccc(N3CC4(CCC4)C3)cc2)CCN/C=N/c2ccccc21. The topological polar surface area (TPSA) is 77.0 Å². The van der Waals surface area contributed by atoms with Crippen molar-refractivity contribution in [2.75, 3.05) is 44.2 Å². The van der Waals surface area contributed by atoms with Crippen LogP contribution in [0, 0.1) is 5.41 Å². The number of hydrogen-bond acceptors (Lipinski definition) is 5. The number of nitrogens with zero attached hydrogens (tertiary/aromatic N) is 3. The number of benzene rings is 2. The first kappa shape index (κ1) is 20.5. The van der Waals surface area contributed by atoms with E-state index in [0.717, 1.165) is 13.1 Å². The van der Waals surface area contributed by atoms with Crippen molar-refractivity contribution in [3.05, 3.63) is 59.7 Å². The lowest BCUT2D eigenvalue weighted by atomic mass is 9.63. The van der Waals surface area contributed by atoms with Crippen molar-refractivity contribution in [3.63, 3.8) is 0 Å². The van der Waals surface area contributed by atoms with Crippen molar-refractivity contribution < 1.29 is 9.59 Å². The molecular weight excluding hydrogens is 402 g/mol. The summed E-state index contributed by atoms with van der Waals surface area (Å²) in [4.78, 5) is 34.3. The van der Waals surface area contributed by atoms with Crippen LogP contribution >= 0.6 is 0 Å². The van der Waals surface area contributed by atoms with E-state index in [1.807, 2.05) is 30.3 Å². The summed E-state index contributed by atoms with van der Waals surface area (Å²) in [6.07, 6.45) is 5.67. The molecule has 1 spiro atoms. The number of aliphatic imine (C=N–C) groups is 1. The highest BCUT2D eigenvalue weighted by Gasteiger charge is 2.47. The van der Waals surface area contributed by atoms with Crippen LogP contribution in [-0.2, 0) is 0 Å². The fourth-order valence-corrected chi connectivity index (χ4v) is 4.81. The molecule has 1 saturated heterocycles. The predicted molar refractivity (Wildman–Crippen MR) is 126 cm³/mol. The van der Waals surface area contributed by atoms with Gasteiger partial charge in [0, 0.05) is 55.9 Å². The van der Waals surface area contributed by atoms with Crippen LogP contribution in [0.2, 0.25) is 0 Å². The van der Waals surface area contributed by atoms with Gasteiger partial charge in [-0.25, -0.2) is 4.99 Å². The van der Waals surface area contributed by atoms with Gasteiger partial charge in [-0.2, -0.15) is 0 Å². The Morgan fingerprint density at radius 2 is 1.72 bits per heavy atom. The molecule has 0 radical (unpaired) electrons. The number of anilines is 1. The van der Waals surface area contributed by atoms with Gasteiger partial charge in [-0.15, -0.1) is 0 Å². The third kappa shape index (κ3) is 4.07. The third-order valence-corrected chi connectivity index (χ3v) is 6.87. The van der Waals surface area contributed by atoms with Crippen molar-refractivity contribution >= 4 is 29.5 Å². The second-order valence-electron chi connectivity index (χ2n) is 9.03.